The number of aliphatic hydroxyl groups excluding tert-OH is 1. The van der Waals surface area contributed by atoms with Crippen LogP contribution >= 0.6 is 0 Å². The summed E-state index contributed by atoms with van der Waals surface area (Å²) in [6.45, 7) is 1.72. The number of esters is 1. The molecule has 1 aliphatic heterocycles. The maximum Gasteiger partial charge on any atom is 0.336 e. The second-order valence-electron chi connectivity index (χ2n) is 6.85. The first-order chi connectivity index (χ1) is 11.7. The molecule has 1 aliphatic rings. The SMILES string of the molecule is C#CCCCCCCCCCCCCC/C=C1\C(=O)O[C@@H](C)[C@H]1O. The van der Waals surface area contributed by atoms with Crippen LogP contribution in [0, 0.1) is 12.3 Å². The van der Waals surface area contributed by atoms with Crippen molar-refractivity contribution >= 4 is 5.97 Å². The van der Waals surface area contributed by atoms with Gasteiger partial charge in [-0.25, -0.2) is 4.79 Å². The zero-order valence-corrected chi connectivity index (χ0v) is 15.3. The van der Waals surface area contributed by atoms with Gasteiger partial charge in [-0.15, -0.1) is 12.3 Å². The molecule has 1 rings (SSSR count). The lowest BCUT2D eigenvalue weighted by atomic mass is 10.0. The third kappa shape index (κ3) is 8.55. The van der Waals surface area contributed by atoms with Gasteiger partial charge in [0.25, 0.3) is 0 Å². The normalized spacial score (nSPS) is 21.9. The van der Waals surface area contributed by atoms with Gasteiger partial charge in [0.05, 0.1) is 5.57 Å². The van der Waals surface area contributed by atoms with Crippen molar-refractivity contribution in [1.29, 1.82) is 0 Å². The number of allylic oxidation sites excluding steroid dienone is 1. The van der Waals surface area contributed by atoms with Crippen LogP contribution in [0.5, 0.6) is 0 Å². The first-order valence-corrected chi connectivity index (χ1v) is 9.69. The number of rotatable bonds is 13. The zero-order chi connectivity index (χ0) is 17.6. The number of aliphatic hydroxyl groups is 1. The van der Waals surface area contributed by atoms with Gasteiger partial charge in [-0.3, -0.25) is 0 Å². The molecule has 0 amide bonds. The van der Waals surface area contributed by atoms with Crippen LogP contribution in [-0.4, -0.2) is 23.3 Å². The third-order valence-electron chi connectivity index (χ3n) is 4.68. The van der Waals surface area contributed by atoms with E-state index in [1.807, 2.05) is 6.08 Å². The van der Waals surface area contributed by atoms with Gasteiger partial charge in [0.1, 0.15) is 12.2 Å². The number of terminal acetylenes is 1. The quantitative estimate of drug-likeness (QED) is 0.225. The molecule has 0 spiro atoms. The van der Waals surface area contributed by atoms with E-state index in [0.717, 1.165) is 19.3 Å². The molecule has 0 aromatic carbocycles. The predicted octanol–water partition coefficient (Wildman–Crippen LogP) is 4.92. The molecule has 0 unspecified atom stereocenters. The Morgan fingerprint density at radius 2 is 1.50 bits per heavy atom. The van der Waals surface area contributed by atoms with Crippen molar-refractivity contribution in [2.45, 2.75) is 103 Å². The minimum atomic E-state index is -0.746. The number of hydrogen-bond donors (Lipinski definition) is 1. The number of ether oxygens (including phenoxy) is 1. The first kappa shape index (κ1) is 20.8. The molecule has 3 heteroatoms. The van der Waals surface area contributed by atoms with Crippen molar-refractivity contribution in [1.82, 2.24) is 0 Å². The Kier molecular flexibility index (Phi) is 11.3. The van der Waals surface area contributed by atoms with E-state index in [0.29, 0.717) is 5.57 Å². The fourth-order valence-corrected chi connectivity index (χ4v) is 3.10. The maximum atomic E-state index is 11.5. The largest absolute Gasteiger partial charge is 0.456 e. The van der Waals surface area contributed by atoms with Crippen molar-refractivity contribution in [3.8, 4) is 12.3 Å². The highest BCUT2D eigenvalue weighted by molar-refractivity contribution is 5.92. The highest BCUT2D eigenvalue weighted by Gasteiger charge is 2.34. The van der Waals surface area contributed by atoms with Crippen LogP contribution in [0.3, 0.4) is 0 Å². The van der Waals surface area contributed by atoms with Crippen LogP contribution in [0.2, 0.25) is 0 Å². The molecule has 0 aromatic rings. The fourth-order valence-electron chi connectivity index (χ4n) is 3.10. The molecule has 3 nitrogen and oxygen atoms in total. The molecule has 0 radical (unpaired) electrons. The summed E-state index contributed by atoms with van der Waals surface area (Å²) in [7, 11) is 0. The summed E-state index contributed by atoms with van der Waals surface area (Å²) in [5, 5.41) is 9.81. The molecule has 0 saturated carbocycles. The smallest absolute Gasteiger partial charge is 0.336 e. The lowest BCUT2D eigenvalue weighted by Gasteiger charge is -2.05. The van der Waals surface area contributed by atoms with Gasteiger partial charge in [-0.2, -0.15) is 0 Å². The monoisotopic (exact) mass is 334 g/mol. The van der Waals surface area contributed by atoms with Gasteiger partial charge >= 0.3 is 5.97 Å². The topological polar surface area (TPSA) is 46.5 Å². The van der Waals surface area contributed by atoms with E-state index >= 15 is 0 Å². The molecular weight excluding hydrogens is 300 g/mol. The third-order valence-corrected chi connectivity index (χ3v) is 4.68. The van der Waals surface area contributed by atoms with E-state index in [1.165, 1.54) is 64.2 Å². The van der Waals surface area contributed by atoms with E-state index in [4.69, 9.17) is 11.2 Å². The summed E-state index contributed by atoms with van der Waals surface area (Å²) in [5.41, 5.74) is 0.449. The zero-order valence-electron chi connectivity index (χ0n) is 15.3. The van der Waals surface area contributed by atoms with Crippen molar-refractivity contribution in [3.63, 3.8) is 0 Å². The van der Waals surface area contributed by atoms with E-state index in [-0.39, 0.29) is 5.97 Å². The Morgan fingerprint density at radius 3 is 1.96 bits per heavy atom. The Bertz CT molecular complexity index is 419. The minimum absolute atomic E-state index is 0.353. The number of cyclic esters (lactones) is 1. The molecule has 2 atom stereocenters. The van der Waals surface area contributed by atoms with E-state index in [1.54, 1.807) is 6.92 Å². The molecule has 1 N–H and O–H groups in total. The molecule has 0 aliphatic carbocycles. The van der Waals surface area contributed by atoms with Crippen LogP contribution in [0.4, 0.5) is 0 Å². The highest BCUT2D eigenvalue weighted by atomic mass is 16.6. The summed E-state index contributed by atoms with van der Waals surface area (Å²) >= 11 is 0. The molecule has 136 valence electrons. The average molecular weight is 334 g/mol. The summed E-state index contributed by atoms with van der Waals surface area (Å²) in [5.74, 6) is 2.34. The van der Waals surface area contributed by atoms with Crippen LogP contribution in [0.25, 0.3) is 0 Å². The van der Waals surface area contributed by atoms with Gasteiger partial charge in [0.2, 0.25) is 0 Å². The summed E-state index contributed by atoms with van der Waals surface area (Å²) < 4.78 is 4.99. The van der Waals surface area contributed by atoms with Gasteiger partial charge in [0, 0.05) is 6.42 Å². The fraction of sp³-hybridized carbons (Fsp3) is 0.762. The standard InChI is InChI=1S/C21H34O3/c1-3-4-5-6-7-8-9-10-11-12-13-14-15-16-17-19-20(22)18(2)24-21(19)23/h1,17-18,20,22H,4-16H2,2H3/b19-17-/t18-,20+/m0/s1. The molecule has 1 fully saturated rings. The molecular formula is C21H34O3. The van der Waals surface area contributed by atoms with Gasteiger partial charge in [-0.1, -0.05) is 63.9 Å². The van der Waals surface area contributed by atoms with E-state index < -0.39 is 12.2 Å². The molecule has 0 bridgehead atoms. The Morgan fingerprint density at radius 1 is 1.00 bits per heavy atom. The molecule has 1 saturated heterocycles. The minimum Gasteiger partial charge on any atom is -0.456 e. The number of unbranched alkanes of at least 4 members (excludes halogenated alkanes) is 12. The van der Waals surface area contributed by atoms with Crippen LogP contribution in [-0.2, 0) is 9.53 Å². The molecule has 1 heterocycles. The van der Waals surface area contributed by atoms with Crippen molar-refractivity contribution in [3.05, 3.63) is 11.6 Å². The second-order valence-corrected chi connectivity index (χ2v) is 6.85. The van der Waals surface area contributed by atoms with E-state index in [9.17, 15) is 9.90 Å². The maximum absolute atomic E-state index is 11.5. The lowest BCUT2D eigenvalue weighted by molar-refractivity contribution is -0.138. The Labute approximate surface area is 147 Å². The van der Waals surface area contributed by atoms with Crippen LogP contribution in [0.1, 0.15) is 90.4 Å². The van der Waals surface area contributed by atoms with Crippen molar-refractivity contribution in [2.75, 3.05) is 0 Å². The molecule has 24 heavy (non-hydrogen) atoms. The van der Waals surface area contributed by atoms with Crippen molar-refractivity contribution in [2.24, 2.45) is 0 Å². The van der Waals surface area contributed by atoms with E-state index in [2.05, 4.69) is 5.92 Å². The number of carbonyl (C=O) groups excluding carboxylic acids is 1. The summed E-state index contributed by atoms with van der Waals surface area (Å²) in [6.07, 6.45) is 21.7. The molecule has 0 aromatic heterocycles. The summed E-state index contributed by atoms with van der Waals surface area (Å²) in [4.78, 5) is 11.5. The average Bonchev–Trinajstić information content (AvgIpc) is 2.81. The lowest BCUT2D eigenvalue weighted by Crippen LogP contribution is -2.17. The van der Waals surface area contributed by atoms with Gasteiger partial charge < -0.3 is 9.84 Å². The summed E-state index contributed by atoms with van der Waals surface area (Å²) in [6, 6.07) is 0. The van der Waals surface area contributed by atoms with Crippen molar-refractivity contribution < 1.29 is 14.6 Å². The Hall–Kier alpha value is -1.27. The number of carbonyl (C=O) groups is 1. The second kappa shape index (κ2) is 13.1. The van der Waals surface area contributed by atoms with Gasteiger partial charge in [0.15, 0.2) is 0 Å². The first-order valence-electron chi connectivity index (χ1n) is 9.69. The van der Waals surface area contributed by atoms with Gasteiger partial charge in [-0.05, 0) is 26.2 Å². The predicted molar refractivity (Wildman–Crippen MR) is 98.5 cm³/mol. The Balaban J connectivity index is 1.88. The number of hydrogen-bond acceptors (Lipinski definition) is 3. The van der Waals surface area contributed by atoms with Crippen LogP contribution < -0.4 is 0 Å². The highest BCUT2D eigenvalue weighted by Crippen LogP contribution is 2.22. The van der Waals surface area contributed by atoms with Crippen LogP contribution in [0.15, 0.2) is 11.6 Å².